The van der Waals surface area contributed by atoms with Crippen LogP contribution in [0.15, 0.2) is 24.3 Å². The topological polar surface area (TPSA) is 24.9 Å². The minimum Gasteiger partial charge on any atom is -0.363 e. The normalized spacial score (nSPS) is 15.4. The molecular formula is C14H15ClN2S. The van der Waals surface area contributed by atoms with Crippen molar-refractivity contribution in [1.82, 2.24) is 4.98 Å². The molecule has 1 unspecified atom stereocenters. The number of nitrogens with one attached hydrogen (secondary N) is 1. The van der Waals surface area contributed by atoms with E-state index < -0.39 is 0 Å². The van der Waals surface area contributed by atoms with E-state index in [0.717, 1.165) is 16.6 Å². The van der Waals surface area contributed by atoms with Crippen molar-refractivity contribution in [1.29, 1.82) is 0 Å². The molecule has 0 saturated heterocycles. The van der Waals surface area contributed by atoms with Crippen molar-refractivity contribution < 1.29 is 0 Å². The van der Waals surface area contributed by atoms with Crippen LogP contribution in [0, 0.1) is 0 Å². The lowest BCUT2D eigenvalue weighted by Crippen LogP contribution is -2.07. The van der Waals surface area contributed by atoms with Crippen LogP contribution in [0.4, 0.5) is 5.82 Å². The number of anilines is 1. The van der Waals surface area contributed by atoms with Gasteiger partial charge in [-0.3, -0.25) is 0 Å². The Hall–Kier alpha value is -1.06. The molecule has 3 rings (SSSR count). The summed E-state index contributed by atoms with van der Waals surface area (Å²) in [5.41, 5.74) is 2.67. The Labute approximate surface area is 116 Å². The van der Waals surface area contributed by atoms with Gasteiger partial charge in [0.15, 0.2) is 0 Å². The molecule has 2 aromatic rings. The van der Waals surface area contributed by atoms with E-state index >= 15 is 0 Å². The highest BCUT2D eigenvalue weighted by atomic mass is 35.5. The Kier molecular flexibility index (Phi) is 3.27. The summed E-state index contributed by atoms with van der Waals surface area (Å²) in [5.74, 6) is 0.965. The molecule has 2 nitrogen and oxygen atoms in total. The van der Waals surface area contributed by atoms with E-state index in [1.165, 1.54) is 29.0 Å². The largest absolute Gasteiger partial charge is 0.363 e. The SMILES string of the molecule is CC(Nc1ccc2c(n1)CCC2)c1ccc(Cl)s1. The van der Waals surface area contributed by atoms with Gasteiger partial charge in [0.05, 0.1) is 10.4 Å². The monoisotopic (exact) mass is 278 g/mol. The molecule has 2 heterocycles. The van der Waals surface area contributed by atoms with Gasteiger partial charge in [-0.2, -0.15) is 0 Å². The third-order valence-electron chi connectivity index (χ3n) is 3.31. The van der Waals surface area contributed by atoms with Crippen LogP contribution in [0.2, 0.25) is 4.34 Å². The molecule has 4 heteroatoms. The molecule has 94 valence electrons. The first-order chi connectivity index (χ1) is 8.72. The van der Waals surface area contributed by atoms with Crippen LogP contribution < -0.4 is 5.32 Å². The summed E-state index contributed by atoms with van der Waals surface area (Å²) < 4.78 is 0.834. The first-order valence-corrected chi connectivity index (χ1v) is 7.42. The molecule has 0 fully saturated rings. The van der Waals surface area contributed by atoms with E-state index in [2.05, 4.69) is 35.4 Å². The van der Waals surface area contributed by atoms with Crippen LogP contribution in [0.25, 0.3) is 0 Å². The average Bonchev–Trinajstić information content (AvgIpc) is 2.96. The van der Waals surface area contributed by atoms with Gasteiger partial charge in [-0.1, -0.05) is 17.7 Å². The third kappa shape index (κ3) is 2.38. The van der Waals surface area contributed by atoms with Crippen LogP contribution in [0.5, 0.6) is 0 Å². The van der Waals surface area contributed by atoms with Crippen LogP contribution in [-0.2, 0) is 12.8 Å². The van der Waals surface area contributed by atoms with Crippen LogP contribution in [-0.4, -0.2) is 4.98 Å². The van der Waals surface area contributed by atoms with Gasteiger partial charge in [-0.15, -0.1) is 11.3 Å². The van der Waals surface area contributed by atoms with Gasteiger partial charge in [-0.25, -0.2) is 4.98 Å². The molecule has 1 atom stereocenters. The number of fused-ring (bicyclic) bond motifs is 1. The fraction of sp³-hybridized carbons (Fsp3) is 0.357. The summed E-state index contributed by atoms with van der Waals surface area (Å²) >= 11 is 7.57. The van der Waals surface area contributed by atoms with Crippen molar-refractivity contribution in [2.75, 3.05) is 5.32 Å². The second-order valence-electron chi connectivity index (χ2n) is 4.66. The maximum absolute atomic E-state index is 5.96. The minimum atomic E-state index is 0.245. The lowest BCUT2D eigenvalue weighted by molar-refractivity contribution is 0.881. The summed E-state index contributed by atoms with van der Waals surface area (Å²) in [5, 5.41) is 3.44. The third-order valence-corrected chi connectivity index (χ3v) is 4.73. The van der Waals surface area contributed by atoms with Gasteiger partial charge in [0.1, 0.15) is 5.82 Å². The van der Waals surface area contributed by atoms with E-state index in [1.54, 1.807) is 11.3 Å². The number of aryl methyl sites for hydroxylation is 2. The lowest BCUT2D eigenvalue weighted by atomic mass is 10.2. The van der Waals surface area contributed by atoms with Crippen molar-refractivity contribution in [3.05, 3.63) is 44.7 Å². The number of pyridine rings is 1. The number of nitrogens with zero attached hydrogens (tertiary/aromatic N) is 1. The molecule has 18 heavy (non-hydrogen) atoms. The number of aromatic nitrogens is 1. The second-order valence-corrected chi connectivity index (χ2v) is 6.41. The maximum atomic E-state index is 5.96. The number of hydrogen-bond acceptors (Lipinski definition) is 3. The number of halogens is 1. The van der Waals surface area contributed by atoms with Gasteiger partial charge >= 0.3 is 0 Å². The van der Waals surface area contributed by atoms with Crippen molar-refractivity contribution in [3.63, 3.8) is 0 Å². The standard InChI is InChI=1S/C14H15ClN2S/c1-9(12-6-7-13(15)18-12)16-14-8-5-10-3-2-4-11(10)17-14/h5-9H,2-4H2,1H3,(H,16,17). The molecule has 0 saturated carbocycles. The van der Waals surface area contributed by atoms with Crippen molar-refractivity contribution >= 4 is 28.8 Å². The Balaban J connectivity index is 1.76. The smallest absolute Gasteiger partial charge is 0.126 e. The summed E-state index contributed by atoms with van der Waals surface area (Å²) in [6.07, 6.45) is 3.53. The summed E-state index contributed by atoms with van der Waals surface area (Å²) in [6.45, 7) is 2.14. The zero-order chi connectivity index (χ0) is 12.5. The molecule has 1 N–H and O–H groups in total. The predicted molar refractivity (Wildman–Crippen MR) is 77.6 cm³/mol. The Bertz CT molecular complexity index is 565. The zero-order valence-corrected chi connectivity index (χ0v) is 11.8. The summed E-state index contributed by atoms with van der Waals surface area (Å²) in [7, 11) is 0. The molecule has 0 amide bonds. The average molecular weight is 279 g/mol. The quantitative estimate of drug-likeness (QED) is 0.897. The molecule has 0 spiro atoms. The molecule has 0 radical (unpaired) electrons. The lowest BCUT2D eigenvalue weighted by Gasteiger charge is -2.13. The molecule has 1 aliphatic rings. The van der Waals surface area contributed by atoms with Crippen molar-refractivity contribution in [2.24, 2.45) is 0 Å². The maximum Gasteiger partial charge on any atom is 0.126 e. The molecule has 0 bridgehead atoms. The number of thiophene rings is 1. The van der Waals surface area contributed by atoms with Crippen molar-refractivity contribution in [2.45, 2.75) is 32.2 Å². The van der Waals surface area contributed by atoms with Gasteiger partial charge in [-0.05, 0) is 49.9 Å². The predicted octanol–water partition coefficient (Wildman–Crippen LogP) is 4.46. The molecule has 1 aliphatic carbocycles. The van der Waals surface area contributed by atoms with E-state index in [9.17, 15) is 0 Å². The van der Waals surface area contributed by atoms with Crippen LogP contribution >= 0.6 is 22.9 Å². The molecule has 0 aliphatic heterocycles. The van der Waals surface area contributed by atoms with E-state index in [-0.39, 0.29) is 6.04 Å². The van der Waals surface area contributed by atoms with Crippen LogP contribution in [0.3, 0.4) is 0 Å². The number of hydrogen-bond donors (Lipinski definition) is 1. The van der Waals surface area contributed by atoms with Crippen LogP contribution in [0.1, 0.15) is 35.5 Å². The van der Waals surface area contributed by atoms with E-state index in [4.69, 9.17) is 11.6 Å². The van der Waals surface area contributed by atoms with Gasteiger partial charge in [0.25, 0.3) is 0 Å². The molecule has 2 aromatic heterocycles. The fourth-order valence-electron chi connectivity index (χ4n) is 2.35. The molecule has 0 aromatic carbocycles. The van der Waals surface area contributed by atoms with E-state index in [0.29, 0.717) is 0 Å². The highest BCUT2D eigenvalue weighted by molar-refractivity contribution is 7.16. The zero-order valence-electron chi connectivity index (χ0n) is 10.2. The van der Waals surface area contributed by atoms with Gasteiger partial charge in [0.2, 0.25) is 0 Å². The Morgan fingerprint density at radius 2 is 2.17 bits per heavy atom. The molecular weight excluding hydrogens is 264 g/mol. The Morgan fingerprint density at radius 3 is 2.94 bits per heavy atom. The minimum absolute atomic E-state index is 0.245. The first kappa shape index (κ1) is 12.0. The van der Waals surface area contributed by atoms with Gasteiger partial charge < -0.3 is 5.32 Å². The number of rotatable bonds is 3. The van der Waals surface area contributed by atoms with Crippen molar-refractivity contribution in [3.8, 4) is 0 Å². The highest BCUT2D eigenvalue weighted by Crippen LogP contribution is 2.29. The summed E-state index contributed by atoms with van der Waals surface area (Å²) in [6, 6.07) is 8.53. The van der Waals surface area contributed by atoms with Gasteiger partial charge in [0, 0.05) is 10.6 Å². The fourth-order valence-corrected chi connectivity index (χ4v) is 3.42. The Morgan fingerprint density at radius 1 is 1.28 bits per heavy atom. The highest BCUT2D eigenvalue weighted by Gasteiger charge is 2.14. The second kappa shape index (κ2) is 4.90. The first-order valence-electron chi connectivity index (χ1n) is 6.23. The van der Waals surface area contributed by atoms with E-state index in [1.807, 2.05) is 6.07 Å². The summed E-state index contributed by atoms with van der Waals surface area (Å²) in [4.78, 5) is 5.92.